The Morgan fingerprint density at radius 3 is 2.71 bits per heavy atom. The summed E-state index contributed by atoms with van der Waals surface area (Å²) in [5.74, 6) is 0. The fourth-order valence-electron chi connectivity index (χ4n) is 2.44. The maximum atomic E-state index is 10.4. The molecule has 0 aromatic heterocycles. The van der Waals surface area contributed by atoms with E-state index in [1.54, 1.807) is 0 Å². The molecule has 116 valence electrons. The number of hydrogen-bond donors (Lipinski definition) is 3. The first kappa shape index (κ1) is 16.3. The van der Waals surface area contributed by atoms with Crippen LogP contribution in [-0.4, -0.2) is 58.6 Å². The molecule has 0 radical (unpaired) electrons. The minimum Gasteiger partial charge on any atom is -0.394 e. The van der Waals surface area contributed by atoms with E-state index in [4.69, 9.17) is 22.7 Å². The van der Waals surface area contributed by atoms with Crippen molar-refractivity contribution in [1.82, 2.24) is 4.90 Å². The maximum Gasteiger partial charge on any atom is 0.103 e. The predicted molar refractivity (Wildman–Crippen MR) is 85.2 cm³/mol. The molecule has 1 aliphatic heterocycles. The second-order valence-corrected chi connectivity index (χ2v) is 5.88. The van der Waals surface area contributed by atoms with Gasteiger partial charge in [0.1, 0.15) is 4.99 Å². The predicted octanol–water partition coefficient (Wildman–Crippen LogP) is 0.436. The van der Waals surface area contributed by atoms with Crippen molar-refractivity contribution in [2.24, 2.45) is 5.73 Å². The third kappa shape index (κ3) is 4.21. The van der Waals surface area contributed by atoms with Gasteiger partial charge in [-0.3, -0.25) is 4.90 Å². The molecule has 4 N–H and O–H groups in total. The number of benzene rings is 1. The van der Waals surface area contributed by atoms with Crippen molar-refractivity contribution in [2.75, 3.05) is 26.3 Å². The molecule has 3 atom stereocenters. The Labute approximate surface area is 130 Å². The topological polar surface area (TPSA) is 79.0 Å². The summed E-state index contributed by atoms with van der Waals surface area (Å²) in [5.41, 5.74) is 7.18. The van der Waals surface area contributed by atoms with Crippen molar-refractivity contribution in [3.8, 4) is 0 Å². The lowest BCUT2D eigenvalue weighted by Gasteiger charge is -2.38. The van der Waals surface area contributed by atoms with Gasteiger partial charge < -0.3 is 20.7 Å². The van der Waals surface area contributed by atoms with Gasteiger partial charge in [0.15, 0.2) is 0 Å². The maximum absolute atomic E-state index is 10.4. The van der Waals surface area contributed by atoms with Crippen LogP contribution in [0.5, 0.6) is 0 Å². The van der Waals surface area contributed by atoms with E-state index in [0.29, 0.717) is 24.7 Å². The van der Waals surface area contributed by atoms with Gasteiger partial charge in [0.2, 0.25) is 0 Å². The smallest absolute Gasteiger partial charge is 0.103 e. The molecule has 1 fully saturated rings. The van der Waals surface area contributed by atoms with E-state index in [1.165, 1.54) is 0 Å². The van der Waals surface area contributed by atoms with Crippen LogP contribution in [0.4, 0.5) is 0 Å². The second kappa shape index (κ2) is 7.29. The van der Waals surface area contributed by atoms with Crippen LogP contribution in [0.1, 0.15) is 24.2 Å². The van der Waals surface area contributed by atoms with Crippen LogP contribution >= 0.6 is 12.2 Å². The van der Waals surface area contributed by atoms with Crippen molar-refractivity contribution in [3.63, 3.8) is 0 Å². The molecule has 21 heavy (non-hydrogen) atoms. The molecular weight excluding hydrogens is 288 g/mol. The van der Waals surface area contributed by atoms with Crippen LogP contribution < -0.4 is 5.73 Å². The first-order valence-electron chi connectivity index (χ1n) is 7.05. The highest BCUT2D eigenvalue weighted by Gasteiger charge is 2.27. The summed E-state index contributed by atoms with van der Waals surface area (Å²) in [7, 11) is 0. The van der Waals surface area contributed by atoms with E-state index in [-0.39, 0.29) is 18.8 Å². The first-order valence-corrected chi connectivity index (χ1v) is 7.46. The van der Waals surface area contributed by atoms with Gasteiger partial charge in [-0.1, -0.05) is 36.5 Å². The summed E-state index contributed by atoms with van der Waals surface area (Å²) >= 11 is 4.91. The zero-order valence-electron chi connectivity index (χ0n) is 12.1. The number of nitrogens with zero attached hydrogens (tertiary/aromatic N) is 1. The lowest BCUT2D eigenvalue weighted by Crippen LogP contribution is -2.50. The molecule has 1 aromatic carbocycles. The molecule has 1 aliphatic rings. The first-order chi connectivity index (χ1) is 10.0. The Morgan fingerprint density at radius 2 is 2.14 bits per heavy atom. The summed E-state index contributed by atoms with van der Waals surface area (Å²) in [6.07, 6.45) is -0.768. The van der Waals surface area contributed by atoms with E-state index in [2.05, 4.69) is 11.8 Å². The number of thiocarbonyl (C=S) groups is 1. The van der Waals surface area contributed by atoms with Crippen molar-refractivity contribution >= 4 is 17.2 Å². The normalized spacial score (nSPS) is 24.7. The Kier molecular flexibility index (Phi) is 5.66. The van der Waals surface area contributed by atoms with Gasteiger partial charge in [-0.15, -0.1) is 0 Å². The van der Waals surface area contributed by atoms with E-state index < -0.39 is 6.10 Å². The molecule has 0 spiro atoms. The van der Waals surface area contributed by atoms with Crippen LogP contribution in [0.3, 0.4) is 0 Å². The zero-order valence-corrected chi connectivity index (χ0v) is 12.9. The standard InChI is InChI=1S/C15H22N2O3S/c1-10-9-20-13(8-18)6-17(10)7-14(19)11-2-4-12(5-3-11)15(16)21/h2-5,10,13-14,18-19H,6-9H2,1H3,(H2,16,21). The van der Waals surface area contributed by atoms with Crippen LogP contribution in [0.25, 0.3) is 0 Å². The Hall–Kier alpha value is -1.05. The van der Waals surface area contributed by atoms with Crippen molar-refractivity contribution in [1.29, 1.82) is 0 Å². The van der Waals surface area contributed by atoms with Crippen molar-refractivity contribution in [2.45, 2.75) is 25.2 Å². The fraction of sp³-hybridized carbons (Fsp3) is 0.533. The highest BCUT2D eigenvalue weighted by atomic mass is 32.1. The number of hydrogen-bond acceptors (Lipinski definition) is 5. The fourth-order valence-corrected chi connectivity index (χ4v) is 2.57. The van der Waals surface area contributed by atoms with Gasteiger partial charge in [0.25, 0.3) is 0 Å². The molecule has 3 unspecified atom stereocenters. The summed E-state index contributed by atoms with van der Waals surface area (Å²) < 4.78 is 5.50. The number of morpholine rings is 1. The van der Waals surface area contributed by atoms with Gasteiger partial charge in [0, 0.05) is 24.7 Å². The quantitative estimate of drug-likeness (QED) is 0.685. The molecule has 6 heteroatoms. The zero-order chi connectivity index (χ0) is 15.4. The number of rotatable bonds is 5. The molecule has 1 heterocycles. The number of nitrogens with two attached hydrogens (primary N) is 1. The molecule has 1 aromatic rings. The minimum absolute atomic E-state index is 0.00194. The third-order valence-corrected chi connectivity index (χ3v) is 4.06. The Morgan fingerprint density at radius 1 is 1.48 bits per heavy atom. The van der Waals surface area contributed by atoms with Gasteiger partial charge in [-0.05, 0) is 12.5 Å². The van der Waals surface area contributed by atoms with Crippen LogP contribution in [0.15, 0.2) is 24.3 Å². The van der Waals surface area contributed by atoms with E-state index >= 15 is 0 Å². The molecule has 5 nitrogen and oxygen atoms in total. The largest absolute Gasteiger partial charge is 0.394 e. The summed E-state index contributed by atoms with van der Waals surface area (Å²) in [5, 5.41) is 19.6. The second-order valence-electron chi connectivity index (χ2n) is 5.44. The number of β-amino-alcohol motifs (C(OH)–C–C–N with tert-alkyl or cyclic N) is 1. The average molecular weight is 310 g/mol. The van der Waals surface area contributed by atoms with Crippen LogP contribution in [-0.2, 0) is 4.74 Å². The Balaban J connectivity index is 1.99. The third-order valence-electron chi connectivity index (χ3n) is 3.83. The number of aliphatic hydroxyl groups is 2. The summed E-state index contributed by atoms with van der Waals surface area (Å²) in [6.45, 7) is 3.75. The van der Waals surface area contributed by atoms with Crippen LogP contribution in [0, 0.1) is 0 Å². The highest BCUT2D eigenvalue weighted by molar-refractivity contribution is 7.80. The lowest BCUT2D eigenvalue weighted by atomic mass is 10.1. The van der Waals surface area contributed by atoms with Crippen molar-refractivity contribution < 1.29 is 14.9 Å². The average Bonchev–Trinajstić information content (AvgIpc) is 2.49. The molecule has 0 bridgehead atoms. The lowest BCUT2D eigenvalue weighted by molar-refractivity contribution is -0.0869. The van der Waals surface area contributed by atoms with Crippen molar-refractivity contribution in [3.05, 3.63) is 35.4 Å². The highest BCUT2D eigenvalue weighted by Crippen LogP contribution is 2.19. The Bertz CT molecular complexity index is 480. The van der Waals surface area contributed by atoms with Crippen LogP contribution in [0.2, 0.25) is 0 Å². The van der Waals surface area contributed by atoms with Gasteiger partial charge in [0.05, 0.1) is 25.4 Å². The molecule has 2 rings (SSSR count). The molecule has 1 saturated heterocycles. The minimum atomic E-state index is -0.592. The van der Waals surface area contributed by atoms with E-state index in [0.717, 1.165) is 11.1 Å². The van der Waals surface area contributed by atoms with Gasteiger partial charge in [-0.25, -0.2) is 0 Å². The molecule has 0 saturated carbocycles. The molecule has 0 amide bonds. The summed E-state index contributed by atoms with van der Waals surface area (Å²) in [6, 6.07) is 7.54. The number of ether oxygens (including phenoxy) is 1. The SMILES string of the molecule is CC1COC(CO)CN1CC(O)c1ccc(C(N)=S)cc1. The van der Waals surface area contributed by atoms with Gasteiger partial charge in [-0.2, -0.15) is 0 Å². The van der Waals surface area contributed by atoms with Gasteiger partial charge >= 0.3 is 0 Å². The summed E-state index contributed by atoms with van der Waals surface area (Å²) in [4.78, 5) is 2.49. The van der Waals surface area contributed by atoms with E-state index in [1.807, 2.05) is 24.3 Å². The molecule has 0 aliphatic carbocycles. The monoisotopic (exact) mass is 310 g/mol. The van der Waals surface area contributed by atoms with E-state index in [9.17, 15) is 10.2 Å². The molecular formula is C15H22N2O3S. The number of aliphatic hydroxyl groups excluding tert-OH is 2.